The number of aliphatic hydroxyl groups is 1. The first kappa shape index (κ1) is 27.1. The molecule has 2 fully saturated rings. The number of fused-ring (bicyclic) bond motifs is 1. The normalized spacial score (nSPS) is 23.8. The summed E-state index contributed by atoms with van der Waals surface area (Å²) in [6.07, 6.45) is 6.13. The number of carbonyl (C=O) groups is 1. The first-order chi connectivity index (χ1) is 19.2. The first-order valence-electron chi connectivity index (χ1n) is 13.5. The minimum Gasteiger partial charge on any atom is -0.484 e. The Kier molecular flexibility index (Phi) is 7.27. The molecule has 6 rings (SSSR count). The van der Waals surface area contributed by atoms with Crippen molar-refractivity contribution >= 4 is 17.5 Å². The lowest BCUT2D eigenvalue weighted by atomic mass is 9.69. The monoisotopic (exact) mass is 572 g/mol. The Labute approximate surface area is 235 Å². The van der Waals surface area contributed by atoms with Gasteiger partial charge in [0.1, 0.15) is 12.4 Å². The largest absolute Gasteiger partial charge is 0.484 e. The zero-order valence-electron chi connectivity index (χ0n) is 21.9. The smallest absolute Gasteiger partial charge is 0.254 e. The number of ether oxygens (including phenoxy) is 1. The van der Waals surface area contributed by atoms with E-state index in [4.69, 9.17) is 20.8 Å². The Bertz CT molecular complexity index is 1380. The van der Waals surface area contributed by atoms with Crippen LogP contribution in [-0.2, 0) is 26.0 Å². The van der Waals surface area contributed by atoms with Crippen LogP contribution in [0.2, 0.25) is 5.02 Å². The van der Waals surface area contributed by atoms with Crippen LogP contribution in [0.3, 0.4) is 0 Å². The second kappa shape index (κ2) is 10.7. The van der Waals surface area contributed by atoms with Crippen LogP contribution in [-0.4, -0.2) is 57.5 Å². The zero-order valence-corrected chi connectivity index (χ0v) is 22.7. The molecule has 3 aliphatic rings. The van der Waals surface area contributed by atoms with Crippen molar-refractivity contribution in [2.75, 3.05) is 19.6 Å². The minimum absolute atomic E-state index is 0.00761. The number of alkyl halides is 2. The molecule has 1 aromatic carbocycles. The van der Waals surface area contributed by atoms with Crippen LogP contribution in [0.15, 0.2) is 47.5 Å². The Morgan fingerprint density at radius 1 is 1.32 bits per heavy atom. The Morgan fingerprint density at radius 3 is 2.90 bits per heavy atom. The number of β-amino-alcohol motifs (C(OH)–C–C–N with tert-alkyl or cyclic N) is 1. The summed E-state index contributed by atoms with van der Waals surface area (Å²) in [5.41, 5.74) is 2.53. The SMILES string of the molecule is O=C(NC[C@H](O)CN1CCc2c(ccc(OCc3cnco3)c2Cl)C1)c1ccnc(CC2CC3(C2)CC3(F)F)c1. The molecule has 2 aliphatic carbocycles. The predicted molar refractivity (Wildman–Crippen MR) is 142 cm³/mol. The lowest BCUT2D eigenvalue weighted by Gasteiger charge is -2.35. The summed E-state index contributed by atoms with van der Waals surface area (Å²) >= 11 is 6.62. The summed E-state index contributed by atoms with van der Waals surface area (Å²) in [5, 5.41) is 14.0. The van der Waals surface area contributed by atoms with E-state index in [1.807, 2.05) is 12.1 Å². The van der Waals surface area contributed by atoms with Crippen molar-refractivity contribution in [2.24, 2.45) is 11.3 Å². The highest BCUT2D eigenvalue weighted by atomic mass is 35.5. The number of benzene rings is 1. The number of aromatic nitrogens is 2. The molecule has 1 spiro atoms. The van der Waals surface area contributed by atoms with Gasteiger partial charge in [0.2, 0.25) is 0 Å². The fourth-order valence-corrected chi connectivity index (χ4v) is 6.43. The average molecular weight is 573 g/mol. The van der Waals surface area contributed by atoms with Crippen molar-refractivity contribution in [1.29, 1.82) is 0 Å². The maximum Gasteiger partial charge on any atom is 0.254 e. The van der Waals surface area contributed by atoms with E-state index < -0.39 is 17.4 Å². The second-order valence-electron chi connectivity index (χ2n) is 11.3. The molecule has 0 unspecified atom stereocenters. The predicted octanol–water partition coefficient (Wildman–Crippen LogP) is 4.43. The summed E-state index contributed by atoms with van der Waals surface area (Å²) in [6.45, 7) is 2.09. The lowest BCUT2D eigenvalue weighted by molar-refractivity contribution is 0.00177. The van der Waals surface area contributed by atoms with Crippen LogP contribution in [0.4, 0.5) is 8.78 Å². The van der Waals surface area contributed by atoms with E-state index in [1.165, 1.54) is 6.39 Å². The number of nitrogens with zero attached hydrogens (tertiary/aromatic N) is 3. The van der Waals surface area contributed by atoms with Gasteiger partial charge < -0.3 is 19.6 Å². The molecule has 0 saturated heterocycles. The highest BCUT2D eigenvalue weighted by Gasteiger charge is 2.75. The fourth-order valence-electron chi connectivity index (χ4n) is 6.09. The number of rotatable bonds is 10. The lowest BCUT2D eigenvalue weighted by Crippen LogP contribution is -2.42. The number of amides is 1. The van der Waals surface area contributed by atoms with Crippen molar-refractivity contribution in [3.8, 4) is 5.75 Å². The molecule has 40 heavy (non-hydrogen) atoms. The molecule has 3 heterocycles. The number of oxazole rings is 1. The summed E-state index contributed by atoms with van der Waals surface area (Å²) < 4.78 is 37.9. The number of halogens is 3. The van der Waals surface area contributed by atoms with Crippen LogP contribution in [0.25, 0.3) is 0 Å². The third-order valence-corrected chi connectivity index (χ3v) is 8.76. The third-order valence-electron chi connectivity index (χ3n) is 8.34. The first-order valence-corrected chi connectivity index (χ1v) is 13.9. The van der Waals surface area contributed by atoms with Crippen LogP contribution < -0.4 is 10.1 Å². The average Bonchev–Trinajstić information content (AvgIpc) is 3.23. The molecule has 2 N–H and O–H groups in total. The van der Waals surface area contributed by atoms with Gasteiger partial charge in [-0.05, 0) is 60.9 Å². The van der Waals surface area contributed by atoms with Gasteiger partial charge in [-0.15, -0.1) is 0 Å². The minimum atomic E-state index is -2.50. The van der Waals surface area contributed by atoms with Crippen LogP contribution in [0.1, 0.15) is 52.2 Å². The van der Waals surface area contributed by atoms with E-state index in [0.717, 1.165) is 16.8 Å². The van der Waals surface area contributed by atoms with Crippen molar-refractivity contribution in [2.45, 2.75) is 57.3 Å². The van der Waals surface area contributed by atoms with Crippen molar-refractivity contribution < 1.29 is 27.8 Å². The maximum atomic E-state index is 13.5. The van der Waals surface area contributed by atoms with E-state index in [2.05, 4.69) is 20.2 Å². The summed E-state index contributed by atoms with van der Waals surface area (Å²) in [7, 11) is 0. The van der Waals surface area contributed by atoms with Gasteiger partial charge in [0.25, 0.3) is 11.8 Å². The number of nitrogens with one attached hydrogen (secondary N) is 1. The van der Waals surface area contributed by atoms with Gasteiger partial charge in [0.15, 0.2) is 12.2 Å². The molecule has 1 amide bonds. The molecule has 1 aliphatic heterocycles. The quantitative estimate of drug-likeness (QED) is 0.371. The van der Waals surface area contributed by atoms with Gasteiger partial charge >= 0.3 is 0 Å². The Balaban J connectivity index is 0.960. The Morgan fingerprint density at radius 2 is 2.15 bits per heavy atom. The highest BCUT2D eigenvalue weighted by Crippen LogP contribution is 2.73. The maximum absolute atomic E-state index is 13.5. The number of aliphatic hydroxyl groups excluding tert-OH is 1. The molecule has 3 aromatic rings. The van der Waals surface area contributed by atoms with Gasteiger partial charge in [0.05, 0.1) is 17.3 Å². The van der Waals surface area contributed by atoms with E-state index in [9.17, 15) is 18.7 Å². The molecule has 8 nitrogen and oxygen atoms in total. The molecule has 0 bridgehead atoms. The van der Waals surface area contributed by atoms with Gasteiger partial charge in [0, 0.05) is 55.5 Å². The molecule has 212 valence electrons. The highest BCUT2D eigenvalue weighted by molar-refractivity contribution is 6.33. The topological polar surface area (TPSA) is 101 Å². The zero-order chi connectivity index (χ0) is 27.9. The second-order valence-corrected chi connectivity index (χ2v) is 11.7. The third kappa shape index (κ3) is 5.57. The van der Waals surface area contributed by atoms with Gasteiger partial charge in [-0.3, -0.25) is 14.7 Å². The van der Waals surface area contributed by atoms with Gasteiger partial charge in [-0.1, -0.05) is 17.7 Å². The summed E-state index contributed by atoms with van der Waals surface area (Å²) in [4.78, 5) is 23.1. The molecular weight excluding hydrogens is 542 g/mol. The van der Waals surface area contributed by atoms with E-state index in [0.29, 0.717) is 67.4 Å². The molecular formula is C29H31ClF2N4O4. The molecule has 2 saturated carbocycles. The van der Waals surface area contributed by atoms with Crippen LogP contribution in [0.5, 0.6) is 5.75 Å². The van der Waals surface area contributed by atoms with Crippen LogP contribution in [0, 0.1) is 11.3 Å². The van der Waals surface area contributed by atoms with Crippen molar-refractivity contribution in [3.63, 3.8) is 0 Å². The summed E-state index contributed by atoms with van der Waals surface area (Å²) in [5.74, 6) is -1.41. The van der Waals surface area contributed by atoms with Gasteiger partial charge in [-0.25, -0.2) is 13.8 Å². The fraction of sp³-hybridized carbons (Fsp3) is 0.483. The number of hydrogen-bond donors (Lipinski definition) is 2. The van der Waals surface area contributed by atoms with Crippen LogP contribution >= 0.6 is 11.6 Å². The molecule has 1 atom stereocenters. The van der Waals surface area contributed by atoms with E-state index in [1.54, 1.807) is 24.5 Å². The molecule has 0 radical (unpaired) electrons. The number of pyridine rings is 1. The Hall–Kier alpha value is -3.08. The van der Waals surface area contributed by atoms with Gasteiger partial charge in [-0.2, -0.15) is 0 Å². The molecule has 2 aromatic heterocycles. The standard InChI is InChI=1S/C29H31ClF2N4O4/c30-26-24-4-6-36(13-20(24)1-2-25(26)39-15-23-12-33-17-40-23)14-22(37)11-35-27(38)19-3-5-34-21(8-19)7-18-9-28(10-18)16-29(28,31)32/h1-3,5,8,12,17-18,22,37H,4,6-7,9-11,13-16H2,(H,35,38)/t18?,22-,28?/m0/s1. The number of hydrogen-bond acceptors (Lipinski definition) is 7. The summed E-state index contributed by atoms with van der Waals surface area (Å²) in [6, 6.07) is 7.16. The van der Waals surface area contributed by atoms with E-state index in [-0.39, 0.29) is 31.4 Å². The van der Waals surface area contributed by atoms with E-state index >= 15 is 0 Å². The number of carbonyl (C=O) groups excluding carboxylic acids is 1. The molecule has 11 heteroatoms. The van der Waals surface area contributed by atoms with Crippen molar-refractivity contribution in [3.05, 3.63) is 76.2 Å². The van der Waals surface area contributed by atoms with Crippen molar-refractivity contribution in [1.82, 2.24) is 20.2 Å².